The number of rotatable bonds is 10. The number of benzene rings is 1. The Kier molecular flexibility index (Phi) is 7.54. The monoisotopic (exact) mass is 393 g/mol. The molecule has 0 aliphatic carbocycles. The average Bonchev–Trinajstić information content (AvgIpc) is 2.67. The van der Waals surface area contributed by atoms with Gasteiger partial charge in [-0.3, -0.25) is 9.36 Å². The fourth-order valence-electron chi connectivity index (χ4n) is 2.62. The fourth-order valence-corrected chi connectivity index (χ4v) is 4.24. The third-order valence-corrected chi connectivity index (χ3v) is 5.71. The van der Waals surface area contributed by atoms with Crippen molar-refractivity contribution >= 4 is 13.4 Å². The molecule has 0 aliphatic rings. The van der Waals surface area contributed by atoms with Crippen LogP contribution in [0.25, 0.3) is 0 Å². The molecule has 1 heterocycles. The molecule has 2 aromatic rings. The molecule has 8 heteroatoms. The Morgan fingerprint density at radius 2 is 1.67 bits per heavy atom. The summed E-state index contributed by atoms with van der Waals surface area (Å²) in [6.07, 6.45) is -0.00888. The van der Waals surface area contributed by atoms with E-state index in [1.54, 1.807) is 50.2 Å². The van der Waals surface area contributed by atoms with E-state index in [0.717, 1.165) is 0 Å². The number of carbonyl (C=O) groups excluding carboxylic acids is 1. The van der Waals surface area contributed by atoms with Gasteiger partial charge in [0.05, 0.1) is 44.9 Å². The number of hydrogen-bond donors (Lipinski definition) is 0. The molecule has 146 valence electrons. The van der Waals surface area contributed by atoms with Gasteiger partial charge < -0.3 is 18.5 Å². The standard InChI is InChI=1S/C19H24NO6P/c1-5-25-27(22,26-6-2)13-14-9-7-11-16(20-14)18(21)15-10-8-12-17(23-3)19(15)24-4/h7-12H,5-6,13H2,1-4H3. The maximum atomic E-state index is 12.9. The molecule has 0 spiro atoms. The molecule has 7 nitrogen and oxygen atoms in total. The Balaban J connectivity index is 2.35. The van der Waals surface area contributed by atoms with E-state index in [-0.39, 0.29) is 30.9 Å². The first kappa shape index (κ1) is 21.1. The number of pyridine rings is 1. The number of methoxy groups -OCH3 is 2. The number of carbonyl (C=O) groups is 1. The third-order valence-electron chi connectivity index (χ3n) is 3.69. The highest BCUT2D eigenvalue weighted by Crippen LogP contribution is 2.50. The quantitative estimate of drug-likeness (QED) is 0.444. The predicted molar refractivity (Wildman–Crippen MR) is 102 cm³/mol. The smallest absolute Gasteiger partial charge is 0.336 e. The molecule has 1 aromatic heterocycles. The second-order valence-corrected chi connectivity index (χ2v) is 7.54. The van der Waals surface area contributed by atoms with Gasteiger partial charge in [0, 0.05) is 0 Å². The normalized spacial score (nSPS) is 11.3. The van der Waals surface area contributed by atoms with Crippen molar-refractivity contribution in [1.82, 2.24) is 4.98 Å². The molecule has 0 saturated heterocycles. The zero-order valence-electron chi connectivity index (χ0n) is 15.9. The van der Waals surface area contributed by atoms with Crippen molar-refractivity contribution in [2.45, 2.75) is 20.0 Å². The summed E-state index contributed by atoms with van der Waals surface area (Å²) in [7, 11) is -0.335. The number of ether oxygens (including phenoxy) is 2. The SMILES string of the molecule is CCOP(=O)(Cc1cccc(C(=O)c2cccc(OC)c2OC)n1)OCC. The summed E-state index contributed by atoms with van der Waals surface area (Å²) in [5, 5.41) is 0. The minimum atomic E-state index is -3.31. The molecule has 0 radical (unpaired) electrons. The van der Waals surface area contributed by atoms with Crippen molar-refractivity contribution in [3.8, 4) is 11.5 Å². The van der Waals surface area contributed by atoms with Gasteiger partial charge in [-0.25, -0.2) is 4.98 Å². The minimum Gasteiger partial charge on any atom is -0.493 e. The van der Waals surface area contributed by atoms with Crippen LogP contribution in [-0.4, -0.2) is 38.2 Å². The zero-order valence-corrected chi connectivity index (χ0v) is 16.8. The third kappa shape index (κ3) is 5.16. The van der Waals surface area contributed by atoms with E-state index < -0.39 is 7.60 Å². The van der Waals surface area contributed by atoms with Gasteiger partial charge in [0.15, 0.2) is 11.5 Å². The van der Waals surface area contributed by atoms with Crippen molar-refractivity contribution in [1.29, 1.82) is 0 Å². The molecule has 0 bridgehead atoms. The summed E-state index contributed by atoms with van der Waals surface area (Å²) in [6.45, 7) is 4.01. The maximum absolute atomic E-state index is 12.9. The van der Waals surface area contributed by atoms with Gasteiger partial charge in [-0.2, -0.15) is 0 Å². The lowest BCUT2D eigenvalue weighted by atomic mass is 10.1. The number of para-hydroxylation sites is 1. The summed E-state index contributed by atoms with van der Waals surface area (Å²) in [5.74, 6) is 0.471. The highest BCUT2D eigenvalue weighted by Gasteiger charge is 2.26. The Morgan fingerprint density at radius 1 is 1.00 bits per heavy atom. The zero-order chi connectivity index (χ0) is 19.9. The first-order valence-corrected chi connectivity index (χ1v) is 10.3. The molecule has 0 unspecified atom stereocenters. The van der Waals surface area contributed by atoms with Crippen LogP contribution >= 0.6 is 7.60 Å². The van der Waals surface area contributed by atoms with E-state index in [2.05, 4.69) is 4.98 Å². The van der Waals surface area contributed by atoms with Gasteiger partial charge in [-0.15, -0.1) is 0 Å². The van der Waals surface area contributed by atoms with Crippen LogP contribution in [-0.2, 0) is 19.8 Å². The van der Waals surface area contributed by atoms with Crippen LogP contribution < -0.4 is 9.47 Å². The number of aromatic nitrogens is 1. The lowest BCUT2D eigenvalue weighted by Crippen LogP contribution is -2.09. The van der Waals surface area contributed by atoms with E-state index in [1.807, 2.05) is 0 Å². The van der Waals surface area contributed by atoms with E-state index in [1.165, 1.54) is 14.2 Å². The molecule has 0 aliphatic heterocycles. The molecule has 1 aromatic carbocycles. The van der Waals surface area contributed by atoms with Crippen LogP contribution in [0.3, 0.4) is 0 Å². The molecule has 0 amide bonds. The van der Waals surface area contributed by atoms with Crippen LogP contribution in [0, 0.1) is 0 Å². The Bertz CT molecular complexity index is 829. The molecular weight excluding hydrogens is 369 g/mol. The van der Waals surface area contributed by atoms with Gasteiger partial charge >= 0.3 is 7.60 Å². The highest BCUT2D eigenvalue weighted by molar-refractivity contribution is 7.53. The average molecular weight is 393 g/mol. The topological polar surface area (TPSA) is 84.0 Å². The lowest BCUT2D eigenvalue weighted by molar-refractivity contribution is 0.103. The van der Waals surface area contributed by atoms with Crippen molar-refractivity contribution in [2.24, 2.45) is 0 Å². The van der Waals surface area contributed by atoms with Crippen LogP contribution in [0.1, 0.15) is 35.6 Å². The number of ketones is 1. The van der Waals surface area contributed by atoms with Gasteiger partial charge in [0.25, 0.3) is 0 Å². The maximum Gasteiger partial charge on any atom is 0.336 e. The fraction of sp³-hybridized carbons (Fsp3) is 0.368. The highest BCUT2D eigenvalue weighted by atomic mass is 31.2. The summed E-state index contributed by atoms with van der Waals surface area (Å²) in [4.78, 5) is 17.3. The summed E-state index contributed by atoms with van der Waals surface area (Å²) in [5.41, 5.74) is 0.992. The minimum absolute atomic E-state index is 0.00888. The molecule has 0 N–H and O–H groups in total. The summed E-state index contributed by atoms with van der Waals surface area (Å²) >= 11 is 0. The second-order valence-electron chi connectivity index (χ2n) is 5.49. The largest absolute Gasteiger partial charge is 0.493 e. The second kappa shape index (κ2) is 9.65. The molecule has 2 rings (SSSR count). The molecule has 0 saturated carbocycles. The van der Waals surface area contributed by atoms with Crippen LogP contribution in [0.15, 0.2) is 36.4 Å². The molecule has 27 heavy (non-hydrogen) atoms. The molecule has 0 atom stereocenters. The van der Waals surface area contributed by atoms with Gasteiger partial charge in [0.2, 0.25) is 5.78 Å². The molecular formula is C19H24NO6P. The number of hydrogen-bond acceptors (Lipinski definition) is 7. The van der Waals surface area contributed by atoms with Crippen LogP contribution in [0.5, 0.6) is 11.5 Å². The predicted octanol–water partition coefficient (Wildman–Crippen LogP) is 4.10. The molecule has 0 fully saturated rings. The Labute approximate surface area is 159 Å². The first-order valence-electron chi connectivity index (χ1n) is 8.57. The van der Waals surface area contributed by atoms with E-state index in [4.69, 9.17) is 18.5 Å². The van der Waals surface area contributed by atoms with Crippen LogP contribution in [0.2, 0.25) is 0 Å². The van der Waals surface area contributed by atoms with Crippen molar-refractivity contribution in [2.75, 3.05) is 27.4 Å². The first-order chi connectivity index (χ1) is 13.0. The van der Waals surface area contributed by atoms with E-state index in [9.17, 15) is 9.36 Å². The lowest BCUT2D eigenvalue weighted by Gasteiger charge is -2.17. The van der Waals surface area contributed by atoms with Crippen molar-refractivity contribution in [3.63, 3.8) is 0 Å². The Morgan fingerprint density at radius 3 is 2.26 bits per heavy atom. The Hall–Kier alpha value is -2.21. The number of nitrogens with zero attached hydrogens (tertiary/aromatic N) is 1. The van der Waals surface area contributed by atoms with E-state index >= 15 is 0 Å². The van der Waals surface area contributed by atoms with Crippen LogP contribution in [0.4, 0.5) is 0 Å². The summed E-state index contributed by atoms with van der Waals surface area (Å²) in [6, 6.07) is 10.0. The van der Waals surface area contributed by atoms with E-state index in [0.29, 0.717) is 22.8 Å². The van der Waals surface area contributed by atoms with Crippen molar-refractivity contribution < 1.29 is 27.9 Å². The van der Waals surface area contributed by atoms with Gasteiger partial charge in [-0.1, -0.05) is 12.1 Å². The summed E-state index contributed by atoms with van der Waals surface area (Å²) < 4.78 is 33.9. The van der Waals surface area contributed by atoms with Gasteiger partial charge in [0.1, 0.15) is 5.69 Å². The van der Waals surface area contributed by atoms with Crippen molar-refractivity contribution in [3.05, 3.63) is 53.3 Å². The van der Waals surface area contributed by atoms with Gasteiger partial charge in [-0.05, 0) is 38.1 Å².